The Labute approximate surface area is 124 Å². The molecule has 2 rings (SSSR count). The van der Waals surface area contributed by atoms with Crippen LogP contribution >= 0.6 is 0 Å². The first-order valence-electron chi connectivity index (χ1n) is 7.05. The van der Waals surface area contributed by atoms with Crippen LogP contribution in [0, 0.1) is 11.6 Å². The van der Waals surface area contributed by atoms with Crippen LogP contribution in [0.15, 0.2) is 47.5 Å². The third-order valence-corrected chi connectivity index (χ3v) is 3.46. The SMILES string of the molecule is CC(C)c1ccc(/C=N\C(C)c2ccc(F)cc2F)cc1. The summed E-state index contributed by atoms with van der Waals surface area (Å²) in [7, 11) is 0. The van der Waals surface area contributed by atoms with Crippen molar-refractivity contribution in [2.45, 2.75) is 32.7 Å². The zero-order chi connectivity index (χ0) is 15.4. The topological polar surface area (TPSA) is 12.4 Å². The summed E-state index contributed by atoms with van der Waals surface area (Å²) in [5.74, 6) is -0.644. The highest BCUT2D eigenvalue weighted by Gasteiger charge is 2.09. The van der Waals surface area contributed by atoms with Crippen LogP contribution in [-0.2, 0) is 0 Å². The lowest BCUT2D eigenvalue weighted by molar-refractivity contribution is 0.563. The van der Waals surface area contributed by atoms with Crippen LogP contribution in [0.2, 0.25) is 0 Å². The minimum atomic E-state index is -0.572. The van der Waals surface area contributed by atoms with Gasteiger partial charge >= 0.3 is 0 Å². The summed E-state index contributed by atoms with van der Waals surface area (Å²) in [5.41, 5.74) is 2.63. The Balaban J connectivity index is 2.12. The molecule has 0 amide bonds. The maximum absolute atomic E-state index is 13.7. The molecule has 2 aromatic rings. The molecule has 1 unspecified atom stereocenters. The first-order chi connectivity index (χ1) is 9.97. The van der Waals surface area contributed by atoms with Crippen LogP contribution in [0.1, 0.15) is 49.4 Å². The largest absolute Gasteiger partial charge is 0.285 e. The van der Waals surface area contributed by atoms with Gasteiger partial charge in [0.05, 0.1) is 6.04 Å². The molecule has 0 spiro atoms. The van der Waals surface area contributed by atoms with Gasteiger partial charge in [-0.2, -0.15) is 0 Å². The molecule has 0 fully saturated rings. The van der Waals surface area contributed by atoms with E-state index in [9.17, 15) is 8.78 Å². The fourth-order valence-corrected chi connectivity index (χ4v) is 2.09. The van der Waals surface area contributed by atoms with Crippen LogP contribution in [0.5, 0.6) is 0 Å². The summed E-state index contributed by atoms with van der Waals surface area (Å²) in [4.78, 5) is 4.34. The van der Waals surface area contributed by atoms with Crippen molar-refractivity contribution >= 4 is 6.21 Å². The number of hydrogen-bond acceptors (Lipinski definition) is 1. The van der Waals surface area contributed by atoms with E-state index in [1.165, 1.54) is 17.7 Å². The zero-order valence-electron chi connectivity index (χ0n) is 12.5. The lowest BCUT2D eigenvalue weighted by Crippen LogP contribution is -1.96. The number of rotatable bonds is 4. The third-order valence-electron chi connectivity index (χ3n) is 3.46. The molecule has 2 aromatic carbocycles. The highest BCUT2D eigenvalue weighted by atomic mass is 19.1. The summed E-state index contributed by atoms with van der Waals surface area (Å²) < 4.78 is 26.5. The highest BCUT2D eigenvalue weighted by molar-refractivity contribution is 5.79. The van der Waals surface area contributed by atoms with Gasteiger partial charge < -0.3 is 0 Å². The standard InChI is InChI=1S/C18H19F2N/c1-12(2)15-6-4-14(5-7-15)11-21-13(3)17-9-8-16(19)10-18(17)20/h4-13H,1-3H3/b21-11-. The van der Waals surface area contributed by atoms with E-state index in [2.05, 4.69) is 31.0 Å². The molecular formula is C18H19F2N. The monoisotopic (exact) mass is 287 g/mol. The minimum absolute atomic E-state index is 0.352. The molecular weight excluding hydrogens is 268 g/mol. The maximum atomic E-state index is 13.7. The fourth-order valence-electron chi connectivity index (χ4n) is 2.09. The van der Waals surface area contributed by atoms with Crippen molar-refractivity contribution < 1.29 is 8.78 Å². The lowest BCUT2D eigenvalue weighted by Gasteiger charge is -2.08. The Bertz CT molecular complexity index is 630. The first kappa shape index (κ1) is 15.4. The van der Waals surface area contributed by atoms with Crippen LogP contribution in [-0.4, -0.2) is 6.21 Å². The van der Waals surface area contributed by atoms with Crippen molar-refractivity contribution in [1.82, 2.24) is 0 Å². The predicted molar refractivity (Wildman–Crippen MR) is 82.9 cm³/mol. The van der Waals surface area contributed by atoms with Gasteiger partial charge in [-0.1, -0.05) is 44.2 Å². The Morgan fingerprint density at radius 1 is 0.952 bits per heavy atom. The van der Waals surface area contributed by atoms with E-state index in [1.54, 1.807) is 13.1 Å². The van der Waals surface area contributed by atoms with E-state index < -0.39 is 11.6 Å². The van der Waals surface area contributed by atoms with Gasteiger partial charge in [0.25, 0.3) is 0 Å². The molecule has 0 saturated carbocycles. The zero-order valence-corrected chi connectivity index (χ0v) is 12.5. The molecule has 0 aromatic heterocycles. The van der Waals surface area contributed by atoms with E-state index in [0.717, 1.165) is 11.6 Å². The van der Waals surface area contributed by atoms with E-state index in [-0.39, 0.29) is 6.04 Å². The molecule has 3 heteroatoms. The molecule has 0 radical (unpaired) electrons. The smallest absolute Gasteiger partial charge is 0.131 e. The van der Waals surface area contributed by atoms with Crippen LogP contribution in [0.25, 0.3) is 0 Å². The van der Waals surface area contributed by atoms with Gasteiger partial charge in [0.2, 0.25) is 0 Å². The van der Waals surface area contributed by atoms with Crippen molar-refractivity contribution in [3.05, 3.63) is 70.8 Å². The molecule has 0 N–H and O–H groups in total. The fraction of sp³-hybridized carbons (Fsp3) is 0.278. The highest BCUT2D eigenvalue weighted by Crippen LogP contribution is 2.21. The Hall–Kier alpha value is -2.03. The van der Waals surface area contributed by atoms with Crippen molar-refractivity contribution in [1.29, 1.82) is 0 Å². The average molecular weight is 287 g/mol. The van der Waals surface area contributed by atoms with Crippen LogP contribution in [0.4, 0.5) is 8.78 Å². The summed E-state index contributed by atoms with van der Waals surface area (Å²) >= 11 is 0. The quantitative estimate of drug-likeness (QED) is 0.679. The molecule has 0 aliphatic rings. The number of nitrogens with zero attached hydrogens (tertiary/aromatic N) is 1. The minimum Gasteiger partial charge on any atom is -0.285 e. The van der Waals surface area contributed by atoms with E-state index in [0.29, 0.717) is 11.5 Å². The molecule has 21 heavy (non-hydrogen) atoms. The number of halogens is 2. The van der Waals surface area contributed by atoms with Gasteiger partial charge in [-0.25, -0.2) is 8.78 Å². The summed E-state index contributed by atoms with van der Waals surface area (Å²) in [6.45, 7) is 6.07. The molecule has 1 nitrogen and oxygen atoms in total. The van der Waals surface area contributed by atoms with Gasteiger partial charge in [0.15, 0.2) is 0 Å². The van der Waals surface area contributed by atoms with Gasteiger partial charge in [-0.05, 0) is 30.0 Å². The third kappa shape index (κ3) is 3.97. The van der Waals surface area contributed by atoms with Crippen LogP contribution in [0.3, 0.4) is 0 Å². The normalized spacial score (nSPS) is 13.0. The van der Waals surface area contributed by atoms with Crippen LogP contribution < -0.4 is 0 Å². The van der Waals surface area contributed by atoms with E-state index in [4.69, 9.17) is 0 Å². The maximum Gasteiger partial charge on any atom is 0.131 e. The molecule has 0 aliphatic heterocycles. The summed E-state index contributed by atoms with van der Waals surface area (Å²) in [5, 5.41) is 0. The molecule has 0 heterocycles. The second-order valence-corrected chi connectivity index (χ2v) is 5.44. The Kier molecular flexibility index (Phi) is 4.84. The van der Waals surface area contributed by atoms with Crippen molar-refractivity contribution in [2.24, 2.45) is 4.99 Å². The Morgan fingerprint density at radius 2 is 1.62 bits per heavy atom. The first-order valence-corrected chi connectivity index (χ1v) is 7.05. The van der Waals surface area contributed by atoms with Crippen molar-refractivity contribution in [3.8, 4) is 0 Å². The predicted octanol–water partition coefficient (Wildman–Crippen LogP) is 5.27. The van der Waals surface area contributed by atoms with E-state index in [1.807, 2.05) is 12.1 Å². The molecule has 0 bridgehead atoms. The number of hydrogen-bond donors (Lipinski definition) is 0. The molecule has 110 valence electrons. The van der Waals surface area contributed by atoms with Gasteiger partial charge in [0.1, 0.15) is 11.6 Å². The molecule has 0 aliphatic carbocycles. The second kappa shape index (κ2) is 6.61. The second-order valence-electron chi connectivity index (χ2n) is 5.44. The van der Waals surface area contributed by atoms with Gasteiger partial charge in [-0.15, -0.1) is 0 Å². The van der Waals surface area contributed by atoms with Gasteiger partial charge in [0, 0.05) is 17.8 Å². The van der Waals surface area contributed by atoms with Gasteiger partial charge in [-0.3, -0.25) is 4.99 Å². The summed E-state index contributed by atoms with van der Waals surface area (Å²) in [6, 6.07) is 11.3. The molecule has 0 saturated heterocycles. The average Bonchev–Trinajstić information content (AvgIpc) is 2.45. The van der Waals surface area contributed by atoms with E-state index >= 15 is 0 Å². The van der Waals surface area contributed by atoms with Crippen molar-refractivity contribution in [3.63, 3.8) is 0 Å². The number of aliphatic imine (C=N–C) groups is 1. The van der Waals surface area contributed by atoms with Crippen molar-refractivity contribution in [2.75, 3.05) is 0 Å². The lowest BCUT2D eigenvalue weighted by atomic mass is 10.0. The summed E-state index contributed by atoms with van der Waals surface area (Å²) in [6.07, 6.45) is 1.72. The Morgan fingerprint density at radius 3 is 2.19 bits per heavy atom. The number of benzene rings is 2. The molecule has 1 atom stereocenters.